The molecule has 39 heavy (non-hydrogen) atoms. The zero-order chi connectivity index (χ0) is 27.1. The summed E-state index contributed by atoms with van der Waals surface area (Å²) in [6.07, 6.45) is -0.248. The molecule has 8 nitrogen and oxygen atoms in total. The average molecular weight is 558 g/mol. The third-order valence-electron chi connectivity index (χ3n) is 6.65. The van der Waals surface area contributed by atoms with Crippen molar-refractivity contribution in [3.63, 3.8) is 0 Å². The lowest BCUT2D eigenvalue weighted by molar-refractivity contribution is -0.122. The third-order valence-corrected chi connectivity index (χ3v) is 9.88. The molecule has 3 aromatic carbocycles. The van der Waals surface area contributed by atoms with Crippen LogP contribution in [0.25, 0.3) is 22.6 Å². The topological polar surface area (TPSA) is 101 Å². The summed E-state index contributed by atoms with van der Waals surface area (Å²) in [5, 5.41) is 1.67. The highest BCUT2D eigenvalue weighted by Gasteiger charge is 2.47. The number of nitrogens with zero attached hydrogens (tertiary/aromatic N) is 3. The van der Waals surface area contributed by atoms with Gasteiger partial charge in [0.25, 0.3) is 15.9 Å². The number of rotatable bonds is 7. The van der Waals surface area contributed by atoms with Crippen LogP contribution < -0.4 is 4.90 Å². The summed E-state index contributed by atoms with van der Waals surface area (Å²) in [6.45, 7) is 1.91. The number of imide groups is 1. The zero-order valence-electron chi connectivity index (χ0n) is 20.9. The Morgan fingerprint density at radius 2 is 1.72 bits per heavy atom. The lowest BCUT2D eigenvalue weighted by Gasteiger charge is -2.26. The molecule has 3 heterocycles. The number of oxazole rings is 1. The lowest BCUT2D eigenvalue weighted by atomic mass is 10.1. The second-order valence-corrected chi connectivity index (χ2v) is 12.4. The molecule has 0 N–H and O–H groups in total. The number of aromatic nitrogens is 1. The smallest absolute Gasteiger partial charge is 0.253 e. The number of hydrogen-bond acceptors (Lipinski definition) is 7. The van der Waals surface area contributed by atoms with Gasteiger partial charge in [0, 0.05) is 12.1 Å². The van der Waals surface area contributed by atoms with Gasteiger partial charge >= 0.3 is 0 Å². The molecule has 0 aliphatic carbocycles. The van der Waals surface area contributed by atoms with Crippen molar-refractivity contribution >= 4 is 50.0 Å². The zero-order valence-corrected chi connectivity index (χ0v) is 22.5. The number of carbonyl (C=O) groups is 2. The van der Waals surface area contributed by atoms with Crippen LogP contribution in [-0.2, 0) is 26.2 Å². The monoisotopic (exact) mass is 557 g/mol. The highest BCUT2D eigenvalue weighted by molar-refractivity contribution is 7.91. The largest absolute Gasteiger partial charge is 0.436 e. The lowest BCUT2D eigenvalue weighted by Crippen LogP contribution is -2.44. The van der Waals surface area contributed by atoms with Crippen LogP contribution in [0.4, 0.5) is 5.69 Å². The summed E-state index contributed by atoms with van der Waals surface area (Å²) in [7, 11) is -4.04. The molecule has 5 aromatic rings. The maximum absolute atomic E-state index is 13.7. The van der Waals surface area contributed by atoms with Crippen LogP contribution in [-0.4, -0.2) is 35.6 Å². The fourth-order valence-corrected chi connectivity index (χ4v) is 7.31. The first-order valence-electron chi connectivity index (χ1n) is 12.2. The Hall–Kier alpha value is -4.12. The maximum Gasteiger partial charge on any atom is 0.253 e. The maximum atomic E-state index is 13.7. The molecule has 0 radical (unpaired) electrons. The molecule has 1 aliphatic heterocycles. The number of fused-ring (bicyclic) bond motifs is 1. The van der Waals surface area contributed by atoms with Gasteiger partial charge in [-0.25, -0.2) is 18.3 Å². The molecule has 196 valence electrons. The van der Waals surface area contributed by atoms with Gasteiger partial charge < -0.3 is 4.42 Å². The minimum atomic E-state index is -4.04. The first-order chi connectivity index (χ1) is 18.8. The second-order valence-electron chi connectivity index (χ2n) is 9.29. The summed E-state index contributed by atoms with van der Waals surface area (Å²) < 4.78 is 34.4. The van der Waals surface area contributed by atoms with Gasteiger partial charge in [-0.05, 0) is 60.3 Å². The van der Waals surface area contributed by atoms with Gasteiger partial charge in [0.15, 0.2) is 5.58 Å². The number of para-hydroxylation sites is 2. The van der Waals surface area contributed by atoms with E-state index in [1.807, 2.05) is 55.5 Å². The number of amides is 2. The van der Waals surface area contributed by atoms with E-state index in [4.69, 9.17) is 4.42 Å². The first-order valence-corrected chi connectivity index (χ1v) is 14.6. The molecule has 0 bridgehead atoms. The Morgan fingerprint density at radius 3 is 2.41 bits per heavy atom. The fourth-order valence-electron chi connectivity index (χ4n) is 4.62. The van der Waals surface area contributed by atoms with Gasteiger partial charge in [-0.2, -0.15) is 4.31 Å². The van der Waals surface area contributed by atoms with Crippen LogP contribution >= 0.6 is 11.3 Å². The molecule has 1 atom stereocenters. The average Bonchev–Trinajstić information content (AvgIpc) is 3.68. The van der Waals surface area contributed by atoms with Crippen molar-refractivity contribution < 1.29 is 22.4 Å². The Morgan fingerprint density at radius 1 is 0.974 bits per heavy atom. The van der Waals surface area contributed by atoms with Gasteiger partial charge in [-0.15, -0.1) is 11.3 Å². The fraction of sp³-hybridized carbons (Fsp3) is 0.138. The summed E-state index contributed by atoms with van der Waals surface area (Å²) in [5.74, 6) is -0.622. The van der Waals surface area contributed by atoms with Crippen LogP contribution in [0.2, 0.25) is 0 Å². The Balaban J connectivity index is 1.31. The Kier molecular flexibility index (Phi) is 6.38. The molecule has 1 unspecified atom stereocenters. The molecule has 1 aliphatic rings. The number of anilines is 1. The van der Waals surface area contributed by atoms with E-state index < -0.39 is 27.9 Å². The summed E-state index contributed by atoms with van der Waals surface area (Å²) in [6, 6.07) is 23.6. The molecule has 1 fully saturated rings. The Bertz CT molecular complexity index is 1740. The Labute approximate surface area is 229 Å². The van der Waals surface area contributed by atoms with Crippen LogP contribution in [0, 0.1) is 6.92 Å². The summed E-state index contributed by atoms with van der Waals surface area (Å²) in [4.78, 5) is 32.3. The molecule has 1 saturated heterocycles. The minimum Gasteiger partial charge on any atom is -0.436 e. The van der Waals surface area contributed by atoms with Crippen molar-refractivity contribution in [2.45, 2.75) is 30.1 Å². The summed E-state index contributed by atoms with van der Waals surface area (Å²) in [5.41, 5.74) is 4.19. The van der Waals surface area contributed by atoms with E-state index in [9.17, 15) is 18.0 Å². The van der Waals surface area contributed by atoms with E-state index in [1.54, 1.807) is 35.7 Å². The number of benzene rings is 3. The SMILES string of the molecule is Cc1ccc(CN(C2CC(=O)N(c3ccc(-c4nc5ccccc5o4)cc3)C2=O)S(=O)(=O)c2cccs2)cc1. The predicted molar refractivity (Wildman–Crippen MR) is 149 cm³/mol. The van der Waals surface area contributed by atoms with Gasteiger partial charge in [0.05, 0.1) is 12.1 Å². The van der Waals surface area contributed by atoms with Crippen molar-refractivity contribution in [2.24, 2.45) is 0 Å². The normalized spacial score (nSPS) is 16.1. The van der Waals surface area contributed by atoms with Gasteiger partial charge in [0.2, 0.25) is 11.8 Å². The van der Waals surface area contributed by atoms with Crippen molar-refractivity contribution in [1.29, 1.82) is 0 Å². The molecule has 2 amide bonds. The minimum absolute atomic E-state index is 0.0330. The van der Waals surface area contributed by atoms with Crippen LogP contribution in [0.15, 0.2) is 98.9 Å². The molecular formula is C29H23N3O5S2. The highest BCUT2D eigenvalue weighted by Crippen LogP contribution is 2.33. The van der Waals surface area contributed by atoms with Crippen LogP contribution in [0.1, 0.15) is 17.5 Å². The van der Waals surface area contributed by atoms with Gasteiger partial charge in [-0.1, -0.05) is 48.0 Å². The number of thiophene rings is 1. The van der Waals surface area contributed by atoms with Crippen LogP contribution in [0.5, 0.6) is 0 Å². The molecule has 0 saturated carbocycles. The molecule has 0 spiro atoms. The molecule has 10 heteroatoms. The van der Waals surface area contributed by atoms with Gasteiger partial charge in [-0.3, -0.25) is 9.59 Å². The predicted octanol–water partition coefficient (Wildman–Crippen LogP) is 5.39. The van der Waals surface area contributed by atoms with Crippen molar-refractivity contribution in [3.05, 3.63) is 101 Å². The van der Waals surface area contributed by atoms with Crippen LogP contribution in [0.3, 0.4) is 0 Å². The van der Waals surface area contributed by atoms with Crippen molar-refractivity contribution in [2.75, 3.05) is 4.90 Å². The van der Waals surface area contributed by atoms with E-state index >= 15 is 0 Å². The third kappa shape index (κ3) is 4.67. The second kappa shape index (κ2) is 9.88. The van der Waals surface area contributed by atoms with Crippen molar-refractivity contribution in [3.8, 4) is 11.5 Å². The highest BCUT2D eigenvalue weighted by atomic mass is 32.2. The quantitative estimate of drug-likeness (QED) is 0.249. The van der Waals surface area contributed by atoms with E-state index in [-0.39, 0.29) is 17.2 Å². The van der Waals surface area contributed by atoms with Crippen molar-refractivity contribution in [1.82, 2.24) is 9.29 Å². The molecule has 6 rings (SSSR count). The molecular weight excluding hydrogens is 534 g/mol. The van der Waals surface area contributed by atoms with E-state index in [0.717, 1.165) is 37.2 Å². The number of carbonyl (C=O) groups excluding carboxylic acids is 2. The number of sulfonamides is 1. The van der Waals surface area contributed by atoms with E-state index in [1.165, 1.54) is 6.07 Å². The number of aryl methyl sites for hydroxylation is 1. The first kappa shape index (κ1) is 25.2. The standard InChI is InChI=1S/C29H23N3O5S2/c1-19-8-10-20(11-9-19)18-31(39(35,36)27-7-4-16-38-27)24-17-26(33)32(29(24)34)22-14-12-21(13-15-22)28-30-23-5-2-3-6-25(23)37-28/h2-16,24H,17-18H2,1H3. The number of hydrogen-bond donors (Lipinski definition) is 0. The van der Waals surface area contributed by atoms with E-state index in [0.29, 0.717) is 22.7 Å². The summed E-state index contributed by atoms with van der Waals surface area (Å²) >= 11 is 1.08. The van der Waals surface area contributed by atoms with E-state index in [2.05, 4.69) is 4.98 Å². The van der Waals surface area contributed by atoms with Gasteiger partial charge in [0.1, 0.15) is 15.8 Å². The molecule has 2 aromatic heterocycles.